The second-order valence-corrected chi connectivity index (χ2v) is 8.35. The summed E-state index contributed by atoms with van der Waals surface area (Å²) in [6.45, 7) is 7.51. The van der Waals surface area contributed by atoms with Crippen LogP contribution in [0.2, 0.25) is 5.02 Å². The van der Waals surface area contributed by atoms with Crippen LogP contribution in [0.4, 0.5) is 14.5 Å². The fraction of sp³-hybridized carbons (Fsp3) is 0.238. The van der Waals surface area contributed by atoms with Crippen molar-refractivity contribution in [3.63, 3.8) is 0 Å². The van der Waals surface area contributed by atoms with Gasteiger partial charge in [-0.05, 0) is 51.5 Å². The Kier molecular flexibility index (Phi) is 3.62. The minimum absolute atomic E-state index is 0.136. The molecule has 5 rings (SSSR count). The Morgan fingerprint density at radius 2 is 1.86 bits per heavy atom. The van der Waals surface area contributed by atoms with Gasteiger partial charge in [0.25, 0.3) is 0 Å². The summed E-state index contributed by atoms with van der Waals surface area (Å²) in [5.74, 6) is 0.139. The molecule has 2 aromatic heterocycles. The van der Waals surface area contributed by atoms with Gasteiger partial charge in [-0.3, -0.25) is 4.57 Å². The minimum Gasteiger partial charge on any atom is -0.371 e. The van der Waals surface area contributed by atoms with E-state index in [2.05, 4.69) is 20.5 Å². The molecule has 29 heavy (non-hydrogen) atoms. The van der Waals surface area contributed by atoms with Gasteiger partial charge in [0.1, 0.15) is 17.3 Å². The van der Waals surface area contributed by atoms with Gasteiger partial charge < -0.3 is 10.3 Å². The third kappa shape index (κ3) is 2.43. The SMILES string of the molecule is Cc1c[nH]c2c(-c3c(Cl)cc4c(c3F)-n3c(C)nnc3C(C)(C)N4)cc(F)cc12. The molecule has 2 N–H and O–H groups in total. The zero-order valence-electron chi connectivity index (χ0n) is 16.3. The number of anilines is 1. The molecule has 0 radical (unpaired) electrons. The summed E-state index contributed by atoms with van der Waals surface area (Å²) >= 11 is 6.54. The Morgan fingerprint density at radius 1 is 1.10 bits per heavy atom. The highest BCUT2D eigenvalue weighted by Gasteiger charge is 2.37. The van der Waals surface area contributed by atoms with E-state index in [1.165, 1.54) is 12.1 Å². The molecule has 0 unspecified atom stereocenters. The highest BCUT2D eigenvalue weighted by Crippen LogP contribution is 2.45. The topological polar surface area (TPSA) is 58.5 Å². The van der Waals surface area contributed by atoms with Crippen molar-refractivity contribution in [1.82, 2.24) is 19.7 Å². The van der Waals surface area contributed by atoms with E-state index in [9.17, 15) is 4.39 Å². The Balaban J connectivity index is 1.88. The highest BCUT2D eigenvalue weighted by atomic mass is 35.5. The first-order chi connectivity index (χ1) is 13.7. The molecule has 0 aliphatic carbocycles. The van der Waals surface area contributed by atoms with Gasteiger partial charge >= 0.3 is 0 Å². The van der Waals surface area contributed by atoms with Crippen LogP contribution in [0.1, 0.15) is 31.1 Å². The van der Waals surface area contributed by atoms with Crippen LogP contribution in [0.5, 0.6) is 0 Å². The number of rotatable bonds is 1. The molecule has 0 fully saturated rings. The second kappa shape index (κ2) is 5.79. The third-order valence-corrected chi connectivity index (χ3v) is 5.78. The summed E-state index contributed by atoms with van der Waals surface area (Å²) < 4.78 is 32.1. The number of aromatic amines is 1. The van der Waals surface area contributed by atoms with E-state index >= 15 is 4.39 Å². The fourth-order valence-electron chi connectivity index (χ4n) is 4.13. The molecule has 8 heteroatoms. The number of halogens is 3. The monoisotopic (exact) mass is 413 g/mol. The van der Waals surface area contributed by atoms with E-state index in [4.69, 9.17) is 11.6 Å². The summed E-state index contributed by atoms with van der Waals surface area (Å²) in [6, 6.07) is 4.40. The second-order valence-electron chi connectivity index (χ2n) is 7.95. The molecule has 0 amide bonds. The van der Waals surface area contributed by atoms with Gasteiger partial charge in [0.2, 0.25) is 0 Å². The molecule has 0 saturated heterocycles. The number of H-pyrrole nitrogens is 1. The van der Waals surface area contributed by atoms with Gasteiger partial charge in [-0.2, -0.15) is 0 Å². The number of fused-ring (bicyclic) bond motifs is 4. The summed E-state index contributed by atoms with van der Waals surface area (Å²) in [5, 5.41) is 12.5. The molecule has 2 aromatic carbocycles. The van der Waals surface area contributed by atoms with Gasteiger partial charge in [-0.25, -0.2) is 8.78 Å². The summed E-state index contributed by atoms with van der Waals surface area (Å²) in [5.41, 5.74) is 2.26. The molecule has 4 aromatic rings. The number of aryl methyl sites for hydroxylation is 2. The van der Waals surface area contributed by atoms with Crippen LogP contribution in [0.25, 0.3) is 27.7 Å². The summed E-state index contributed by atoms with van der Waals surface area (Å²) in [6.07, 6.45) is 1.77. The van der Waals surface area contributed by atoms with Crippen LogP contribution >= 0.6 is 11.6 Å². The van der Waals surface area contributed by atoms with Gasteiger partial charge in [0.15, 0.2) is 11.6 Å². The van der Waals surface area contributed by atoms with Crippen molar-refractivity contribution in [2.24, 2.45) is 0 Å². The highest BCUT2D eigenvalue weighted by molar-refractivity contribution is 6.34. The lowest BCUT2D eigenvalue weighted by Crippen LogP contribution is -2.36. The first kappa shape index (κ1) is 18.1. The fourth-order valence-corrected chi connectivity index (χ4v) is 4.42. The normalized spacial score (nSPS) is 14.6. The number of benzene rings is 2. The van der Waals surface area contributed by atoms with Crippen LogP contribution in [-0.4, -0.2) is 19.7 Å². The molecule has 0 bridgehead atoms. The van der Waals surface area contributed by atoms with E-state index in [1.54, 1.807) is 23.8 Å². The summed E-state index contributed by atoms with van der Waals surface area (Å²) in [4.78, 5) is 3.12. The van der Waals surface area contributed by atoms with Crippen LogP contribution < -0.4 is 5.32 Å². The number of hydrogen-bond donors (Lipinski definition) is 2. The van der Waals surface area contributed by atoms with Crippen LogP contribution in [0, 0.1) is 25.5 Å². The first-order valence-electron chi connectivity index (χ1n) is 9.19. The maximum atomic E-state index is 16.0. The van der Waals surface area contributed by atoms with Gasteiger partial charge in [0.05, 0.1) is 21.8 Å². The number of aromatic nitrogens is 4. The van der Waals surface area contributed by atoms with Crippen LogP contribution in [0.3, 0.4) is 0 Å². The van der Waals surface area contributed by atoms with Crippen LogP contribution in [-0.2, 0) is 5.54 Å². The molecule has 1 aliphatic heterocycles. The standard InChI is InChI=1S/C21H18ClF2N5/c1-9-8-25-18-12(9)5-11(23)6-13(18)16-14(22)7-15-19(17(16)24)29-10(2)27-28-20(29)21(3,4)26-15/h5-8,25-26H,1-4H3. The minimum atomic E-state index is -0.561. The van der Waals surface area contributed by atoms with E-state index in [-0.39, 0.29) is 16.3 Å². The van der Waals surface area contributed by atoms with Crippen molar-refractivity contribution < 1.29 is 8.78 Å². The lowest BCUT2D eigenvalue weighted by Gasteiger charge is -2.34. The Morgan fingerprint density at radius 3 is 2.62 bits per heavy atom. The molecule has 0 atom stereocenters. The quantitative estimate of drug-likeness (QED) is 0.425. The maximum Gasteiger partial charge on any atom is 0.162 e. The Bertz CT molecular complexity index is 1320. The van der Waals surface area contributed by atoms with Gasteiger partial charge in [0, 0.05) is 22.7 Å². The lowest BCUT2D eigenvalue weighted by atomic mass is 9.96. The summed E-state index contributed by atoms with van der Waals surface area (Å²) in [7, 11) is 0. The Hall–Kier alpha value is -2.93. The first-order valence-corrected chi connectivity index (χ1v) is 9.57. The zero-order chi connectivity index (χ0) is 20.7. The molecule has 0 saturated carbocycles. The average Bonchev–Trinajstić information content (AvgIpc) is 3.19. The van der Waals surface area contributed by atoms with Gasteiger partial charge in [-0.1, -0.05) is 11.6 Å². The van der Waals surface area contributed by atoms with E-state index in [0.717, 1.165) is 5.56 Å². The van der Waals surface area contributed by atoms with E-state index in [1.807, 2.05) is 20.8 Å². The molecular weight excluding hydrogens is 396 g/mol. The van der Waals surface area contributed by atoms with Crippen molar-refractivity contribution >= 4 is 28.2 Å². The zero-order valence-corrected chi connectivity index (χ0v) is 17.0. The Labute approximate surface area is 170 Å². The van der Waals surface area contributed by atoms with Crippen molar-refractivity contribution in [1.29, 1.82) is 0 Å². The molecule has 148 valence electrons. The van der Waals surface area contributed by atoms with E-state index < -0.39 is 17.2 Å². The van der Waals surface area contributed by atoms with Crippen molar-refractivity contribution in [2.75, 3.05) is 5.32 Å². The molecule has 1 aliphatic rings. The predicted octanol–water partition coefficient (Wildman–Crippen LogP) is 5.62. The largest absolute Gasteiger partial charge is 0.371 e. The van der Waals surface area contributed by atoms with Crippen molar-refractivity contribution in [3.8, 4) is 16.8 Å². The van der Waals surface area contributed by atoms with E-state index in [0.29, 0.717) is 33.8 Å². The number of nitrogens with one attached hydrogen (secondary N) is 2. The van der Waals surface area contributed by atoms with Crippen molar-refractivity contribution in [3.05, 3.63) is 58.3 Å². The molecule has 3 heterocycles. The molecule has 5 nitrogen and oxygen atoms in total. The van der Waals surface area contributed by atoms with Crippen molar-refractivity contribution in [2.45, 2.75) is 33.2 Å². The maximum absolute atomic E-state index is 16.0. The number of hydrogen-bond acceptors (Lipinski definition) is 3. The van der Waals surface area contributed by atoms with Gasteiger partial charge in [-0.15, -0.1) is 10.2 Å². The predicted molar refractivity (Wildman–Crippen MR) is 110 cm³/mol. The number of nitrogens with zero attached hydrogens (tertiary/aromatic N) is 3. The molecule has 0 spiro atoms. The third-order valence-electron chi connectivity index (χ3n) is 5.48. The lowest BCUT2D eigenvalue weighted by molar-refractivity contribution is 0.523. The molecular formula is C21H18ClF2N5. The smallest absolute Gasteiger partial charge is 0.162 e. The van der Waals surface area contributed by atoms with Crippen LogP contribution in [0.15, 0.2) is 24.4 Å². The average molecular weight is 414 g/mol.